The fourth-order valence-corrected chi connectivity index (χ4v) is 4.48. The molecule has 21 heavy (non-hydrogen) atoms. The molecule has 0 atom stereocenters. The second-order valence-electron chi connectivity index (χ2n) is 6.83. The van der Waals surface area contributed by atoms with Gasteiger partial charge in [0, 0.05) is 26.7 Å². The van der Waals surface area contributed by atoms with Gasteiger partial charge in [-0.25, -0.2) is 8.42 Å². The van der Waals surface area contributed by atoms with Crippen molar-refractivity contribution in [3.8, 4) is 0 Å². The molecule has 2 aliphatic rings. The van der Waals surface area contributed by atoms with Crippen molar-refractivity contribution in [3.05, 3.63) is 0 Å². The van der Waals surface area contributed by atoms with Gasteiger partial charge in [0.05, 0.1) is 16.1 Å². The van der Waals surface area contributed by atoms with E-state index in [9.17, 15) is 13.5 Å². The maximum atomic E-state index is 12.1. The molecule has 0 aromatic rings. The summed E-state index contributed by atoms with van der Waals surface area (Å²) in [6.45, 7) is 4.86. The van der Waals surface area contributed by atoms with Gasteiger partial charge in [0.15, 0.2) is 15.8 Å². The van der Waals surface area contributed by atoms with Crippen LogP contribution in [0.25, 0.3) is 0 Å². The van der Waals surface area contributed by atoms with Crippen LogP contribution >= 0.6 is 0 Å². The molecule has 7 heteroatoms. The zero-order chi connectivity index (χ0) is 15.7. The lowest BCUT2D eigenvalue weighted by Gasteiger charge is -2.39. The van der Waals surface area contributed by atoms with Crippen molar-refractivity contribution >= 4 is 15.8 Å². The number of hydrogen-bond donors (Lipinski definition) is 2. The second-order valence-corrected chi connectivity index (χ2v) is 9.58. The molecule has 1 saturated carbocycles. The van der Waals surface area contributed by atoms with Gasteiger partial charge in [0.1, 0.15) is 0 Å². The van der Waals surface area contributed by atoms with Gasteiger partial charge in [-0.3, -0.25) is 4.99 Å². The van der Waals surface area contributed by atoms with E-state index >= 15 is 0 Å². The first kappa shape index (κ1) is 16.5. The fourth-order valence-electron chi connectivity index (χ4n) is 3.11. The van der Waals surface area contributed by atoms with Crippen LogP contribution in [-0.4, -0.2) is 67.2 Å². The Hall–Kier alpha value is -0.820. The van der Waals surface area contributed by atoms with Crippen LogP contribution in [0.2, 0.25) is 0 Å². The second kappa shape index (κ2) is 5.76. The Kier molecular flexibility index (Phi) is 4.54. The number of aliphatic imine (C=N–C) groups is 1. The van der Waals surface area contributed by atoms with Gasteiger partial charge in [-0.2, -0.15) is 0 Å². The SMILES string of the molecule is CN=C(NCC1(O)CCCC1)N1CCS(=O)(=O)C(C)(C)C1. The molecule has 0 unspecified atom stereocenters. The summed E-state index contributed by atoms with van der Waals surface area (Å²) in [7, 11) is -1.36. The Bertz CT molecular complexity index is 508. The zero-order valence-corrected chi connectivity index (χ0v) is 14.0. The highest BCUT2D eigenvalue weighted by molar-refractivity contribution is 7.92. The fraction of sp³-hybridized carbons (Fsp3) is 0.929. The lowest BCUT2D eigenvalue weighted by molar-refractivity contribution is 0.0515. The van der Waals surface area contributed by atoms with Crippen molar-refractivity contribution in [3.63, 3.8) is 0 Å². The Balaban J connectivity index is 1.99. The molecule has 6 nitrogen and oxygen atoms in total. The third-order valence-corrected chi connectivity index (χ3v) is 7.20. The topological polar surface area (TPSA) is 82.0 Å². The number of sulfone groups is 1. The van der Waals surface area contributed by atoms with Crippen LogP contribution in [0.5, 0.6) is 0 Å². The maximum Gasteiger partial charge on any atom is 0.193 e. The number of nitrogens with one attached hydrogen (secondary N) is 1. The van der Waals surface area contributed by atoms with Gasteiger partial charge in [-0.1, -0.05) is 12.8 Å². The summed E-state index contributed by atoms with van der Waals surface area (Å²) in [4.78, 5) is 6.21. The minimum absolute atomic E-state index is 0.144. The van der Waals surface area contributed by atoms with E-state index in [0.29, 0.717) is 25.6 Å². The smallest absolute Gasteiger partial charge is 0.193 e. The van der Waals surface area contributed by atoms with Crippen molar-refractivity contribution in [2.75, 3.05) is 32.4 Å². The highest BCUT2D eigenvalue weighted by Crippen LogP contribution is 2.29. The average Bonchev–Trinajstić information content (AvgIpc) is 2.81. The van der Waals surface area contributed by atoms with Crippen molar-refractivity contribution in [2.45, 2.75) is 49.9 Å². The quantitative estimate of drug-likeness (QED) is 0.568. The summed E-state index contributed by atoms with van der Waals surface area (Å²) in [5.41, 5.74) is -0.646. The van der Waals surface area contributed by atoms with Crippen LogP contribution in [0.4, 0.5) is 0 Å². The van der Waals surface area contributed by atoms with E-state index in [1.54, 1.807) is 20.9 Å². The molecule has 0 radical (unpaired) electrons. The minimum atomic E-state index is -3.05. The van der Waals surface area contributed by atoms with Crippen molar-refractivity contribution in [2.24, 2.45) is 4.99 Å². The van der Waals surface area contributed by atoms with Gasteiger partial charge in [-0.05, 0) is 26.7 Å². The van der Waals surface area contributed by atoms with Crippen LogP contribution in [0.15, 0.2) is 4.99 Å². The third kappa shape index (κ3) is 3.51. The van der Waals surface area contributed by atoms with Crippen molar-refractivity contribution < 1.29 is 13.5 Å². The average molecular weight is 317 g/mol. The van der Waals surface area contributed by atoms with Crippen LogP contribution < -0.4 is 5.32 Å². The summed E-state index contributed by atoms with van der Waals surface area (Å²) in [5.74, 6) is 0.823. The first-order valence-corrected chi connectivity index (χ1v) is 9.25. The molecule has 0 aromatic carbocycles. The third-order valence-electron chi connectivity index (χ3n) is 4.66. The van der Waals surface area contributed by atoms with Crippen LogP contribution in [0, 0.1) is 0 Å². The van der Waals surface area contributed by atoms with E-state index in [2.05, 4.69) is 10.3 Å². The number of nitrogens with zero attached hydrogens (tertiary/aromatic N) is 2. The number of aliphatic hydroxyl groups is 1. The molecule has 2 rings (SSSR count). The Labute approximate surface area is 127 Å². The van der Waals surface area contributed by atoms with Crippen LogP contribution in [0.1, 0.15) is 39.5 Å². The molecule has 0 spiro atoms. The van der Waals surface area contributed by atoms with Gasteiger partial charge in [0.2, 0.25) is 0 Å². The maximum absolute atomic E-state index is 12.1. The van der Waals surface area contributed by atoms with E-state index in [-0.39, 0.29) is 5.75 Å². The molecule has 2 fully saturated rings. The molecule has 0 aromatic heterocycles. The number of hydrogen-bond acceptors (Lipinski definition) is 4. The number of guanidine groups is 1. The largest absolute Gasteiger partial charge is 0.388 e. The highest BCUT2D eigenvalue weighted by Gasteiger charge is 2.41. The summed E-state index contributed by atoms with van der Waals surface area (Å²) in [6, 6.07) is 0. The van der Waals surface area contributed by atoms with E-state index in [1.165, 1.54) is 0 Å². The normalized spacial score (nSPS) is 27.6. The molecule has 2 N–H and O–H groups in total. The van der Waals surface area contributed by atoms with Gasteiger partial charge < -0.3 is 15.3 Å². The van der Waals surface area contributed by atoms with Gasteiger partial charge in [0.25, 0.3) is 0 Å². The number of rotatable bonds is 2. The van der Waals surface area contributed by atoms with E-state index in [0.717, 1.165) is 25.7 Å². The molecule has 122 valence electrons. The van der Waals surface area contributed by atoms with Crippen LogP contribution in [0.3, 0.4) is 0 Å². The highest BCUT2D eigenvalue weighted by atomic mass is 32.2. The molecule has 1 heterocycles. The first-order valence-electron chi connectivity index (χ1n) is 7.59. The predicted octanol–water partition coefficient (Wildman–Crippen LogP) is 0.376. The molecule has 1 aliphatic heterocycles. The van der Waals surface area contributed by atoms with Crippen molar-refractivity contribution in [1.29, 1.82) is 0 Å². The predicted molar refractivity (Wildman–Crippen MR) is 84.2 cm³/mol. The molecule has 1 aliphatic carbocycles. The Morgan fingerprint density at radius 1 is 1.33 bits per heavy atom. The van der Waals surface area contributed by atoms with Gasteiger partial charge in [-0.15, -0.1) is 0 Å². The molecule has 1 saturated heterocycles. The van der Waals surface area contributed by atoms with E-state index < -0.39 is 20.2 Å². The molecular weight excluding hydrogens is 290 g/mol. The van der Waals surface area contributed by atoms with E-state index in [1.807, 2.05) is 4.90 Å². The van der Waals surface area contributed by atoms with E-state index in [4.69, 9.17) is 0 Å². The van der Waals surface area contributed by atoms with Gasteiger partial charge >= 0.3 is 0 Å². The summed E-state index contributed by atoms with van der Waals surface area (Å²) in [6.07, 6.45) is 3.76. The standard InChI is InChI=1S/C14H27N3O3S/c1-13(2)11-17(8-9-21(13,19)20)12(15-3)16-10-14(18)6-4-5-7-14/h18H,4-11H2,1-3H3,(H,15,16). The molecule has 0 bridgehead atoms. The summed E-state index contributed by atoms with van der Waals surface area (Å²) >= 11 is 0. The summed E-state index contributed by atoms with van der Waals surface area (Å²) in [5, 5.41) is 13.6. The zero-order valence-electron chi connectivity index (χ0n) is 13.2. The Morgan fingerprint density at radius 3 is 2.48 bits per heavy atom. The van der Waals surface area contributed by atoms with Crippen LogP contribution in [-0.2, 0) is 9.84 Å². The first-order chi connectivity index (χ1) is 9.69. The minimum Gasteiger partial charge on any atom is -0.388 e. The molecular formula is C14H27N3O3S. The van der Waals surface area contributed by atoms with Crippen molar-refractivity contribution in [1.82, 2.24) is 10.2 Å². The monoisotopic (exact) mass is 317 g/mol. The molecule has 0 amide bonds. The Morgan fingerprint density at radius 2 is 1.95 bits per heavy atom. The summed E-state index contributed by atoms with van der Waals surface area (Å²) < 4.78 is 23.3. The lowest BCUT2D eigenvalue weighted by Crippen LogP contribution is -2.58. The lowest BCUT2D eigenvalue weighted by atomic mass is 10.0.